The summed E-state index contributed by atoms with van der Waals surface area (Å²) in [6.07, 6.45) is 1.35. The molecular weight excluding hydrogens is 498 g/mol. The fraction of sp³-hybridized carbons (Fsp3) is 0.348. The Bertz CT molecular complexity index is 1160. The second-order valence-electron chi connectivity index (χ2n) is 8.02. The Morgan fingerprint density at radius 3 is 2.75 bits per heavy atom. The predicted octanol–water partition coefficient (Wildman–Crippen LogP) is 4.34. The van der Waals surface area contributed by atoms with Crippen LogP contribution in [0.5, 0.6) is 5.75 Å². The smallest absolute Gasteiger partial charge is 0.387 e. The number of nitro groups is 1. The maximum atomic E-state index is 13.2. The van der Waals surface area contributed by atoms with E-state index in [1.54, 1.807) is 0 Å². The first kappa shape index (κ1) is 25.5. The molecule has 0 aromatic heterocycles. The van der Waals surface area contributed by atoms with Crippen LogP contribution >= 0.6 is 11.8 Å². The lowest BCUT2D eigenvalue weighted by atomic mass is 10.2. The number of benzene rings is 2. The molecule has 0 saturated carbocycles. The largest absolute Gasteiger partial charge is 0.435 e. The van der Waals surface area contributed by atoms with Crippen LogP contribution in [0.15, 0.2) is 53.5 Å². The van der Waals surface area contributed by atoms with Gasteiger partial charge in [-0.3, -0.25) is 24.6 Å². The lowest BCUT2D eigenvalue weighted by Crippen LogP contribution is -2.38. The molecule has 0 bridgehead atoms. The Kier molecular flexibility index (Phi) is 8.10. The van der Waals surface area contributed by atoms with E-state index in [-0.39, 0.29) is 42.1 Å². The van der Waals surface area contributed by atoms with Gasteiger partial charge in [-0.15, -0.1) is 0 Å². The molecule has 0 radical (unpaired) electrons. The van der Waals surface area contributed by atoms with Gasteiger partial charge in [0.15, 0.2) is 5.17 Å². The molecule has 2 aliphatic heterocycles. The molecule has 10 nitrogen and oxygen atoms in total. The number of anilines is 1. The summed E-state index contributed by atoms with van der Waals surface area (Å²) in [6.45, 7) is -2.06. The first-order valence-corrected chi connectivity index (χ1v) is 11.9. The van der Waals surface area contributed by atoms with Crippen molar-refractivity contribution in [1.29, 1.82) is 0 Å². The number of carbonyl (C=O) groups excluding carboxylic acids is 2. The molecule has 2 atom stereocenters. The summed E-state index contributed by atoms with van der Waals surface area (Å²) >= 11 is 1.12. The van der Waals surface area contributed by atoms with E-state index < -0.39 is 22.7 Å². The van der Waals surface area contributed by atoms with E-state index in [0.717, 1.165) is 24.6 Å². The SMILES string of the molecule is O=C(C[C@H]1SC(=Nc2ccc(OC(F)F)cc2)N(C[C@H]2CCCO2)C1=O)Nc1cccc([N+](=O)[O-])c1. The van der Waals surface area contributed by atoms with Crippen molar-refractivity contribution in [2.75, 3.05) is 18.5 Å². The number of ether oxygens (including phenoxy) is 2. The number of nitrogens with zero attached hydrogens (tertiary/aromatic N) is 3. The summed E-state index contributed by atoms with van der Waals surface area (Å²) in [6, 6.07) is 11.2. The van der Waals surface area contributed by atoms with E-state index in [2.05, 4.69) is 15.0 Å². The molecule has 0 unspecified atom stereocenters. The van der Waals surface area contributed by atoms with Gasteiger partial charge in [0.1, 0.15) is 11.0 Å². The summed E-state index contributed by atoms with van der Waals surface area (Å²) in [5.41, 5.74) is 0.507. The average Bonchev–Trinajstić information content (AvgIpc) is 3.44. The lowest BCUT2D eigenvalue weighted by Gasteiger charge is -2.20. The highest BCUT2D eigenvalue weighted by Crippen LogP contribution is 2.33. The van der Waals surface area contributed by atoms with Gasteiger partial charge in [0.25, 0.3) is 5.69 Å². The summed E-state index contributed by atoms with van der Waals surface area (Å²) in [4.78, 5) is 42.2. The molecule has 4 rings (SSSR count). The third-order valence-corrected chi connectivity index (χ3v) is 6.60. The number of aliphatic imine (C=N–C) groups is 1. The molecule has 1 N–H and O–H groups in total. The lowest BCUT2D eigenvalue weighted by molar-refractivity contribution is -0.384. The first-order valence-electron chi connectivity index (χ1n) is 11.1. The second kappa shape index (κ2) is 11.4. The Morgan fingerprint density at radius 2 is 2.08 bits per heavy atom. The molecule has 2 saturated heterocycles. The Labute approximate surface area is 208 Å². The minimum atomic E-state index is -2.94. The number of nitrogens with one attached hydrogen (secondary N) is 1. The molecule has 2 aromatic rings. The Morgan fingerprint density at radius 1 is 1.31 bits per heavy atom. The molecule has 36 heavy (non-hydrogen) atoms. The van der Waals surface area contributed by atoms with Gasteiger partial charge in [-0.05, 0) is 43.2 Å². The van der Waals surface area contributed by atoms with Gasteiger partial charge in [0.05, 0.1) is 23.3 Å². The van der Waals surface area contributed by atoms with Crippen LogP contribution in [0.25, 0.3) is 0 Å². The van der Waals surface area contributed by atoms with E-state index in [9.17, 15) is 28.5 Å². The van der Waals surface area contributed by atoms with Crippen LogP contribution in [0.1, 0.15) is 19.3 Å². The standard InChI is InChI=1S/C23H22F2N4O6S/c24-22(25)35-17-8-6-14(7-9-17)27-23-28(13-18-5-2-10-34-18)21(31)19(36-23)12-20(30)26-15-3-1-4-16(11-15)29(32)33/h1,3-4,6-9,11,18-19,22H,2,5,10,12-13H2,(H,26,30)/t18-,19-/m1/s1. The maximum Gasteiger partial charge on any atom is 0.387 e. The van der Waals surface area contributed by atoms with Gasteiger partial charge >= 0.3 is 6.61 Å². The number of rotatable bonds is 9. The molecule has 2 aromatic carbocycles. The minimum Gasteiger partial charge on any atom is -0.435 e. The first-order chi connectivity index (χ1) is 17.3. The van der Waals surface area contributed by atoms with E-state index in [1.807, 2.05) is 0 Å². The summed E-state index contributed by atoms with van der Waals surface area (Å²) < 4.78 is 34.8. The number of nitro benzene ring substituents is 1. The number of halogens is 2. The highest BCUT2D eigenvalue weighted by Gasteiger charge is 2.40. The van der Waals surface area contributed by atoms with Crippen molar-refractivity contribution >= 4 is 45.8 Å². The zero-order chi connectivity index (χ0) is 25.7. The fourth-order valence-electron chi connectivity index (χ4n) is 3.78. The molecule has 190 valence electrons. The molecule has 0 aliphatic carbocycles. The van der Waals surface area contributed by atoms with Crippen molar-refractivity contribution in [2.45, 2.75) is 37.2 Å². The normalized spacial score (nSPS) is 20.8. The highest BCUT2D eigenvalue weighted by atomic mass is 32.2. The molecule has 2 heterocycles. The number of amidine groups is 1. The number of hydrogen-bond acceptors (Lipinski definition) is 8. The van der Waals surface area contributed by atoms with Crippen LogP contribution < -0.4 is 10.1 Å². The van der Waals surface area contributed by atoms with E-state index >= 15 is 0 Å². The van der Waals surface area contributed by atoms with Crippen molar-refractivity contribution in [2.24, 2.45) is 4.99 Å². The molecule has 2 amide bonds. The maximum absolute atomic E-state index is 13.2. The van der Waals surface area contributed by atoms with Crippen LogP contribution in [0.2, 0.25) is 0 Å². The molecule has 2 fully saturated rings. The van der Waals surface area contributed by atoms with Gasteiger partial charge in [-0.2, -0.15) is 8.78 Å². The number of thioether (sulfide) groups is 1. The van der Waals surface area contributed by atoms with Gasteiger partial charge < -0.3 is 14.8 Å². The monoisotopic (exact) mass is 520 g/mol. The molecule has 2 aliphatic rings. The number of carbonyl (C=O) groups is 2. The number of non-ortho nitro benzene ring substituents is 1. The minimum absolute atomic E-state index is 0.0176. The summed E-state index contributed by atoms with van der Waals surface area (Å²) in [5, 5.41) is 13.2. The van der Waals surface area contributed by atoms with Crippen LogP contribution in [-0.2, 0) is 14.3 Å². The van der Waals surface area contributed by atoms with Gasteiger partial charge in [0, 0.05) is 30.8 Å². The third-order valence-electron chi connectivity index (χ3n) is 5.43. The van der Waals surface area contributed by atoms with E-state index in [4.69, 9.17) is 4.74 Å². The summed E-state index contributed by atoms with van der Waals surface area (Å²) in [7, 11) is 0. The quantitative estimate of drug-likeness (QED) is 0.385. The van der Waals surface area contributed by atoms with E-state index in [0.29, 0.717) is 17.5 Å². The van der Waals surface area contributed by atoms with Crippen molar-refractivity contribution in [3.8, 4) is 5.75 Å². The highest BCUT2D eigenvalue weighted by molar-refractivity contribution is 8.15. The van der Waals surface area contributed by atoms with Crippen LogP contribution in [0.4, 0.5) is 25.8 Å². The summed E-state index contributed by atoms with van der Waals surface area (Å²) in [5.74, 6) is -0.801. The fourth-order valence-corrected chi connectivity index (χ4v) is 4.94. The number of alkyl halides is 2. The topological polar surface area (TPSA) is 123 Å². The van der Waals surface area contributed by atoms with Crippen molar-refractivity contribution in [3.05, 3.63) is 58.6 Å². The zero-order valence-corrected chi connectivity index (χ0v) is 19.7. The van der Waals surface area contributed by atoms with E-state index in [1.165, 1.54) is 53.4 Å². The van der Waals surface area contributed by atoms with Gasteiger partial charge in [0.2, 0.25) is 11.8 Å². The Hall–Kier alpha value is -3.58. The van der Waals surface area contributed by atoms with Crippen LogP contribution in [0.3, 0.4) is 0 Å². The number of hydrogen-bond donors (Lipinski definition) is 1. The van der Waals surface area contributed by atoms with Crippen molar-refractivity contribution < 1.29 is 32.8 Å². The van der Waals surface area contributed by atoms with Crippen LogP contribution in [0, 0.1) is 10.1 Å². The van der Waals surface area contributed by atoms with Gasteiger partial charge in [-0.1, -0.05) is 17.8 Å². The van der Waals surface area contributed by atoms with Crippen LogP contribution in [-0.4, -0.2) is 57.9 Å². The molecular formula is C23H22F2N4O6S. The third kappa shape index (κ3) is 6.55. The molecule has 0 spiro atoms. The average molecular weight is 521 g/mol. The van der Waals surface area contributed by atoms with Crippen molar-refractivity contribution in [1.82, 2.24) is 4.90 Å². The number of amides is 2. The van der Waals surface area contributed by atoms with Crippen molar-refractivity contribution in [3.63, 3.8) is 0 Å². The predicted molar refractivity (Wildman–Crippen MR) is 129 cm³/mol. The zero-order valence-electron chi connectivity index (χ0n) is 18.8. The van der Waals surface area contributed by atoms with Gasteiger partial charge in [-0.25, -0.2) is 4.99 Å². The Balaban J connectivity index is 1.48. The molecule has 13 heteroatoms. The second-order valence-corrected chi connectivity index (χ2v) is 9.19.